The smallest absolute Gasteiger partial charge is 0.323 e. The summed E-state index contributed by atoms with van der Waals surface area (Å²) in [5.41, 5.74) is -0.480. The van der Waals surface area contributed by atoms with E-state index in [1.807, 2.05) is 32.6 Å². The molecule has 0 aliphatic carbocycles. The largest absolute Gasteiger partial charge is 0.459 e. The van der Waals surface area contributed by atoms with Crippen LogP contribution < -0.4 is 0 Å². The van der Waals surface area contributed by atoms with Gasteiger partial charge in [-0.25, -0.2) is 0 Å². The number of morpholine rings is 1. The van der Waals surface area contributed by atoms with Gasteiger partial charge in [0, 0.05) is 6.54 Å². The minimum Gasteiger partial charge on any atom is -0.459 e. The lowest BCUT2D eigenvalue weighted by Crippen LogP contribution is -2.54. The van der Waals surface area contributed by atoms with Crippen LogP contribution in [-0.2, 0) is 14.3 Å². The van der Waals surface area contributed by atoms with Gasteiger partial charge in [-0.15, -0.1) is 0 Å². The normalized spacial score (nSPS) is 24.4. The van der Waals surface area contributed by atoms with E-state index in [4.69, 9.17) is 9.47 Å². The highest BCUT2D eigenvalue weighted by Crippen LogP contribution is 2.15. The van der Waals surface area contributed by atoms with Crippen molar-refractivity contribution < 1.29 is 19.4 Å². The lowest BCUT2D eigenvalue weighted by Gasteiger charge is -2.38. The topological polar surface area (TPSA) is 59.0 Å². The van der Waals surface area contributed by atoms with E-state index < -0.39 is 5.60 Å². The Morgan fingerprint density at radius 1 is 1.59 bits per heavy atom. The first-order valence-corrected chi connectivity index (χ1v) is 6.02. The molecule has 1 fully saturated rings. The molecule has 0 bridgehead atoms. The van der Waals surface area contributed by atoms with Crippen LogP contribution in [0.2, 0.25) is 0 Å². The summed E-state index contributed by atoms with van der Waals surface area (Å²) >= 11 is 0. The first-order chi connectivity index (χ1) is 7.85. The van der Waals surface area contributed by atoms with Gasteiger partial charge in [-0.1, -0.05) is 0 Å². The van der Waals surface area contributed by atoms with Crippen molar-refractivity contribution in [3.05, 3.63) is 0 Å². The van der Waals surface area contributed by atoms with Gasteiger partial charge in [-0.2, -0.15) is 0 Å². The molecule has 0 aromatic carbocycles. The average molecular weight is 245 g/mol. The molecule has 0 aromatic heterocycles. The van der Waals surface area contributed by atoms with Crippen LogP contribution in [0, 0.1) is 0 Å². The zero-order chi connectivity index (χ0) is 13.1. The zero-order valence-electron chi connectivity index (χ0n) is 11.1. The number of carbonyl (C=O) groups excluding carboxylic acids is 1. The number of carbonyl (C=O) groups is 1. The fraction of sp³-hybridized carbons (Fsp3) is 0.917. The minimum absolute atomic E-state index is 0.00681. The number of ether oxygens (including phenoxy) is 2. The van der Waals surface area contributed by atoms with E-state index in [0.29, 0.717) is 19.8 Å². The molecule has 0 amide bonds. The third-order valence-corrected chi connectivity index (χ3v) is 2.73. The Balaban J connectivity index is 2.60. The second kappa shape index (κ2) is 5.80. The van der Waals surface area contributed by atoms with E-state index in [9.17, 15) is 9.90 Å². The predicted molar refractivity (Wildman–Crippen MR) is 63.7 cm³/mol. The van der Waals surface area contributed by atoms with Crippen molar-refractivity contribution in [3.63, 3.8) is 0 Å². The molecule has 5 heteroatoms. The van der Waals surface area contributed by atoms with Gasteiger partial charge in [0.15, 0.2) is 0 Å². The summed E-state index contributed by atoms with van der Waals surface area (Å²) in [6.07, 6.45) is 0. The van der Waals surface area contributed by atoms with Crippen molar-refractivity contribution in [2.75, 3.05) is 26.4 Å². The second-order valence-electron chi connectivity index (χ2n) is 5.36. The monoisotopic (exact) mass is 245 g/mol. The SMILES string of the molecule is CC(C(=O)OC(C)(C)C)N1CCOCC1CO. The van der Waals surface area contributed by atoms with Crippen molar-refractivity contribution in [2.24, 2.45) is 0 Å². The third kappa shape index (κ3) is 4.26. The Labute approximate surface area is 103 Å². The van der Waals surface area contributed by atoms with Crippen LogP contribution in [0.4, 0.5) is 0 Å². The molecule has 1 aliphatic heterocycles. The summed E-state index contributed by atoms with van der Waals surface area (Å²) in [5.74, 6) is -0.252. The van der Waals surface area contributed by atoms with Gasteiger partial charge in [-0.3, -0.25) is 9.69 Å². The van der Waals surface area contributed by atoms with Crippen LogP contribution >= 0.6 is 0 Å². The summed E-state index contributed by atoms with van der Waals surface area (Å²) in [6, 6.07) is -0.471. The maximum Gasteiger partial charge on any atom is 0.323 e. The molecule has 1 heterocycles. The highest BCUT2D eigenvalue weighted by Gasteiger charge is 2.32. The van der Waals surface area contributed by atoms with E-state index in [2.05, 4.69) is 0 Å². The Morgan fingerprint density at radius 2 is 2.24 bits per heavy atom. The molecule has 100 valence electrons. The number of rotatable bonds is 3. The molecule has 0 saturated carbocycles. The van der Waals surface area contributed by atoms with Gasteiger partial charge in [-0.05, 0) is 27.7 Å². The van der Waals surface area contributed by atoms with Crippen molar-refractivity contribution in [1.82, 2.24) is 4.90 Å². The molecule has 17 heavy (non-hydrogen) atoms. The third-order valence-electron chi connectivity index (χ3n) is 2.73. The van der Waals surface area contributed by atoms with Gasteiger partial charge in [0.05, 0.1) is 25.9 Å². The minimum atomic E-state index is -0.480. The highest BCUT2D eigenvalue weighted by atomic mass is 16.6. The maximum absolute atomic E-state index is 11.9. The number of hydrogen-bond acceptors (Lipinski definition) is 5. The summed E-state index contributed by atoms with van der Waals surface area (Å²) in [4.78, 5) is 13.9. The zero-order valence-corrected chi connectivity index (χ0v) is 11.1. The summed E-state index contributed by atoms with van der Waals surface area (Å²) in [5, 5.41) is 9.25. The molecule has 1 rings (SSSR count). The van der Waals surface area contributed by atoms with Gasteiger partial charge in [0.2, 0.25) is 0 Å². The van der Waals surface area contributed by atoms with Crippen molar-refractivity contribution >= 4 is 5.97 Å². The fourth-order valence-electron chi connectivity index (χ4n) is 1.86. The Kier molecular flexibility index (Phi) is 4.91. The Hall–Kier alpha value is -0.650. The molecule has 1 saturated heterocycles. The standard InChI is InChI=1S/C12H23NO4/c1-9(11(15)17-12(2,3)4)13-5-6-16-8-10(13)7-14/h9-10,14H,5-8H2,1-4H3. The van der Waals surface area contributed by atoms with Crippen molar-refractivity contribution in [1.29, 1.82) is 0 Å². The number of aliphatic hydroxyl groups excluding tert-OH is 1. The molecular formula is C12H23NO4. The van der Waals surface area contributed by atoms with Crippen LogP contribution in [0.25, 0.3) is 0 Å². The molecule has 1 N–H and O–H groups in total. The van der Waals surface area contributed by atoms with E-state index in [1.54, 1.807) is 0 Å². The van der Waals surface area contributed by atoms with Crippen LogP contribution in [0.1, 0.15) is 27.7 Å². The first-order valence-electron chi connectivity index (χ1n) is 6.02. The molecule has 5 nitrogen and oxygen atoms in total. The molecule has 0 aromatic rings. The summed E-state index contributed by atoms with van der Waals surface area (Å²) in [6.45, 7) is 9.04. The van der Waals surface area contributed by atoms with Gasteiger partial charge in [0.25, 0.3) is 0 Å². The van der Waals surface area contributed by atoms with Crippen LogP contribution in [0.15, 0.2) is 0 Å². The van der Waals surface area contributed by atoms with Crippen molar-refractivity contribution in [3.8, 4) is 0 Å². The number of nitrogens with zero attached hydrogens (tertiary/aromatic N) is 1. The van der Waals surface area contributed by atoms with E-state index >= 15 is 0 Å². The molecule has 2 atom stereocenters. The average Bonchev–Trinajstić information content (AvgIpc) is 2.25. The molecule has 2 unspecified atom stereocenters. The summed E-state index contributed by atoms with van der Waals surface area (Å²) < 4.78 is 10.6. The van der Waals surface area contributed by atoms with Crippen LogP contribution in [0.3, 0.4) is 0 Å². The quantitative estimate of drug-likeness (QED) is 0.730. The maximum atomic E-state index is 11.9. The highest BCUT2D eigenvalue weighted by molar-refractivity contribution is 5.75. The number of esters is 1. The lowest BCUT2D eigenvalue weighted by molar-refractivity contribution is -0.165. The predicted octanol–water partition coefficient (Wildman–Crippen LogP) is 0.410. The fourth-order valence-corrected chi connectivity index (χ4v) is 1.86. The molecule has 1 aliphatic rings. The van der Waals surface area contributed by atoms with Gasteiger partial charge < -0.3 is 14.6 Å². The lowest BCUT2D eigenvalue weighted by atomic mass is 10.1. The molecule has 0 radical (unpaired) electrons. The van der Waals surface area contributed by atoms with E-state index in [-0.39, 0.29) is 24.7 Å². The van der Waals surface area contributed by atoms with E-state index in [1.165, 1.54) is 0 Å². The van der Waals surface area contributed by atoms with Crippen LogP contribution in [-0.4, -0.2) is 60.0 Å². The first kappa shape index (κ1) is 14.4. The Morgan fingerprint density at radius 3 is 2.76 bits per heavy atom. The van der Waals surface area contributed by atoms with Crippen LogP contribution in [0.5, 0.6) is 0 Å². The number of hydrogen-bond donors (Lipinski definition) is 1. The molecular weight excluding hydrogens is 222 g/mol. The van der Waals surface area contributed by atoms with E-state index in [0.717, 1.165) is 0 Å². The van der Waals surface area contributed by atoms with Gasteiger partial charge >= 0.3 is 5.97 Å². The Bertz CT molecular complexity index is 262. The second-order valence-corrected chi connectivity index (χ2v) is 5.36. The van der Waals surface area contributed by atoms with Gasteiger partial charge in [0.1, 0.15) is 11.6 Å². The molecule has 0 spiro atoms. The number of aliphatic hydroxyl groups is 1. The van der Waals surface area contributed by atoms with Crippen molar-refractivity contribution in [2.45, 2.75) is 45.4 Å². The summed E-state index contributed by atoms with van der Waals surface area (Å²) in [7, 11) is 0.